The molecule has 6 nitrogen and oxygen atoms in total. The minimum absolute atomic E-state index is 0.0671. The van der Waals surface area contributed by atoms with Crippen LogP contribution in [0.25, 0.3) is 0 Å². The molecule has 0 heterocycles. The van der Waals surface area contributed by atoms with Gasteiger partial charge in [0.15, 0.2) is 17.1 Å². The molecule has 3 unspecified atom stereocenters. The number of ketones is 2. The monoisotopic (exact) mass is 526 g/mol. The Labute approximate surface area is 215 Å². The van der Waals surface area contributed by atoms with Crippen molar-refractivity contribution in [2.24, 2.45) is 28.6 Å². The molecule has 4 aliphatic carbocycles. The minimum Gasteiger partial charge on any atom is -0.450 e. The van der Waals surface area contributed by atoms with Crippen LogP contribution in [0.5, 0.6) is 0 Å². The summed E-state index contributed by atoms with van der Waals surface area (Å²) in [5, 5.41) is 21.3. The van der Waals surface area contributed by atoms with Crippen LogP contribution in [-0.4, -0.2) is 57.9 Å². The number of carbonyl (C=O) groups is 3. The van der Waals surface area contributed by atoms with Crippen molar-refractivity contribution in [3.05, 3.63) is 23.6 Å². The Balaban J connectivity index is 1.81. The Morgan fingerprint density at radius 2 is 1.86 bits per heavy atom. The van der Waals surface area contributed by atoms with Gasteiger partial charge >= 0.3 is 5.97 Å². The normalized spacial score (nSPS) is 44.8. The summed E-state index contributed by atoms with van der Waals surface area (Å²) < 4.78 is 53.7. The number of unbranched alkanes of at least 4 members (excludes halogenated alkanes) is 2. The van der Waals surface area contributed by atoms with Crippen LogP contribution in [-0.2, 0) is 19.1 Å². The average Bonchev–Trinajstić information content (AvgIpc) is 3.05. The van der Waals surface area contributed by atoms with Crippen LogP contribution in [0.2, 0.25) is 0 Å². The fourth-order valence-electron chi connectivity index (χ4n) is 8.35. The number of hydrogen-bond donors (Lipinski definition) is 2. The van der Waals surface area contributed by atoms with Gasteiger partial charge in [0.05, 0.1) is 6.10 Å². The number of fused-ring (bicyclic) bond motifs is 5. The molecule has 0 aromatic rings. The molecule has 2 N–H and O–H groups in total. The van der Waals surface area contributed by atoms with Crippen LogP contribution in [0.1, 0.15) is 72.6 Å². The largest absolute Gasteiger partial charge is 0.450 e. The second-order valence-corrected chi connectivity index (χ2v) is 11.8. The van der Waals surface area contributed by atoms with Gasteiger partial charge in [-0.25, -0.2) is 13.2 Å². The summed E-state index contributed by atoms with van der Waals surface area (Å²) in [6, 6.07) is 0. The van der Waals surface area contributed by atoms with Crippen molar-refractivity contribution in [2.75, 3.05) is 6.61 Å². The lowest BCUT2D eigenvalue weighted by Crippen LogP contribution is -2.71. The first-order valence-electron chi connectivity index (χ1n) is 13.3. The topological polar surface area (TPSA) is 101 Å². The summed E-state index contributed by atoms with van der Waals surface area (Å²) in [6.07, 6.45) is -0.0872. The van der Waals surface area contributed by atoms with Crippen molar-refractivity contribution in [3.8, 4) is 0 Å². The van der Waals surface area contributed by atoms with Gasteiger partial charge in [0, 0.05) is 34.7 Å². The minimum atomic E-state index is -2.53. The number of carbonyl (C=O) groups excluding carboxylic acids is 3. The molecule has 0 aromatic heterocycles. The Morgan fingerprint density at radius 3 is 2.49 bits per heavy atom. The van der Waals surface area contributed by atoms with Crippen molar-refractivity contribution in [1.82, 2.24) is 0 Å². The van der Waals surface area contributed by atoms with Crippen LogP contribution < -0.4 is 0 Å². The molecular formula is C28H37F3O6. The van der Waals surface area contributed by atoms with Crippen LogP contribution in [0.3, 0.4) is 0 Å². The van der Waals surface area contributed by atoms with Gasteiger partial charge in [0.1, 0.15) is 12.8 Å². The molecule has 0 bridgehead atoms. The van der Waals surface area contributed by atoms with Crippen molar-refractivity contribution >= 4 is 17.5 Å². The molecule has 0 saturated heterocycles. The molecule has 0 amide bonds. The zero-order valence-corrected chi connectivity index (χ0v) is 21.9. The molecule has 37 heavy (non-hydrogen) atoms. The molecule has 4 aliphatic rings. The smallest absolute Gasteiger partial charge is 0.306 e. The number of alkyl halides is 2. The van der Waals surface area contributed by atoms with Crippen LogP contribution >= 0.6 is 0 Å². The molecule has 4 rings (SSSR count). The first-order valence-corrected chi connectivity index (χ1v) is 13.3. The molecule has 9 heteroatoms. The Bertz CT molecular complexity index is 1060. The van der Waals surface area contributed by atoms with Crippen molar-refractivity contribution in [2.45, 2.75) is 96.2 Å². The maximum atomic E-state index is 17.3. The zero-order chi connectivity index (χ0) is 27.6. The van der Waals surface area contributed by atoms with E-state index < -0.39 is 94.1 Å². The maximum absolute atomic E-state index is 17.3. The lowest BCUT2D eigenvalue weighted by atomic mass is 9.44. The van der Waals surface area contributed by atoms with E-state index in [4.69, 9.17) is 4.74 Å². The third-order valence-electron chi connectivity index (χ3n) is 10.1. The van der Waals surface area contributed by atoms with E-state index in [1.165, 1.54) is 6.92 Å². The summed E-state index contributed by atoms with van der Waals surface area (Å²) in [5.74, 6) is -6.25. The molecule has 0 spiro atoms. The Hall–Kier alpha value is -2.00. The fourth-order valence-corrected chi connectivity index (χ4v) is 8.35. The second kappa shape index (κ2) is 9.33. The van der Waals surface area contributed by atoms with Gasteiger partial charge in [-0.2, -0.15) is 0 Å². The number of ether oxygens (including phenoxy) is 1. The molecule has 0 aromatic carbocycles. The number of halogens is 3. The van der Waals surface area contributed by atoms with E-state index in [2.05, 4.69) is 0 Å². The number of allylic oxidation sites excluding steroid dienone is 4. The highest BCUT2D eigenvalue weighted by molar-refractivity contribution is 6.04. The first kappa shape index (κ1) is 28.0. The van der Waals surface area contributed by atoms with E-state index in [9.17, 15) is 29.0 Å². The number of aliphatic hydroxyl groups excluding tert-OH is 2. The van der Waals surface area contributed by atoms with Crippen molar-refractivity contribution < 1.29 is 42.5 Å². The average molecular weight is 527 g/mol. The predicted octanol–water partition coefficient (Wildman–Crippen LogP) is 4.27. The summed E-state index contributed by atoms with van der Waals surface area (Å²) in [5.41, 5.74) is -8.18. The van der Waals surface area contributed by atoms with Crippen LogP contribution in [0, 0.1) is 28.6 Å². The lowest BCUT2D eigenvalue weighted by Gasteiger charge is -2.63. The van der Waals surface area contributed by atoms with Crippen LogP contribution in [0.15, 0.2) is 23.6 Å². The van der Waals surface area contributed by atoms with Gasteiger partial charge in [-0.3, -0.25) is 14.4 Å². The number of hydrogen-bond acceptors (Lipinski definition) is 6. The van der Waals surface area contributed by atoms with E-state index >= 15 is 8.78 Å². The standard InChI is InChI=1S/C28H37F3O6/c1-5-6-7-8-22(36)37-28(21(35)14-32)15(2)11-16-17-12-18(29)23-24(30)19(33)9-10-25(23,3)27(17,31)20(34)13-26(16,28)4/h9-10,15-18,20,32,34H,5-8,11-14H2,1-4H3/t15?,16-,17-,18?,20?,25-,26-,27-,28-/m0/s1. The van der Waals surface area contributed by atoms with E-state index in [1.54, 1.807) is 13.8 Å². The van der Waals surface area contributed by atoms with Crippen LogP contribution in [0.4, 0.5) is 13.2 Å². The van der Waals surface area contributed by atoms with Gasteiger partial charge in [0.25, 0.3) is 0 Å². The SMILES string of the molecule is CCCCCC(=O)O[C@]1(C(=O)CO)C(C)C[C@H]2[C@@H]3CC(F)C4=C(F)C(=O)C=C[C@]4(C)[C@@]3(F)C(O)C[C@@]21C. The van der Waals surface area contributed by atoms with Gasteiger partial charge in [-0.05, 0) is 44.6 Å². The summed E-state index contributed by atoms with van der Waals surface area (Å²) in [6.45, 7) is 5.69. The Kier molecular flexibility index (Phi) is 7.06. The third-order valence-corrected chi connectivity index (χ3v) is 10.1. The fraction of sp³-hybridized carbons (Fsp3) is 0.750. The van der Waals surface area contributed by atoms with Crippen molar-refractivity contribution in [3.63, 3.8) is 0 Å². The zero-order valence-electron chi connectivity index (χ0n) is 21.9. The summed E-state index contributed by atoms with van der Waals surface area (Å²) >= 11 is 0. The van der Waals surface area contributed by atoms with Gasteiger partial charge in [0.2, 0.25) is 11.6 Å². The number of esters is 1. The molecule has 3 fully saturated rings. The molecule has 0 aliphatic heterocycles. The Morgan fingerprint density at radius 1 is 1.19 bits per heavy atom. The molecule has 206 valence electrons. The molecular weight excluding hydrogens is 489 g/mol. The van der Waals surface area contributed by atoms with Crippen molar-refractivity contribution in [1.29, 1.82) is 0 Å². The van der Waals surface area contributed by atoms with E-state index in [-0.39, 0.29) is 19.3 Å². The molecule has 3 saturated carbocycles. The predicted molar refractivity (Wildman–Crippen MR) is 128 cm³/mol. The quantitative estimate of drug-likeness (QED) is 0.380. The highest BCUT2D eigenvalue weighted by Crippen LogP contribution is 2.72. The van der Waals surface area contributed by atoms with E-state index in [0.717, 1.165) is 25.0 Å². The first-order chi connectivity index (χ1) is 17.3. The van der Waals surface area contributed by atoms with E-state index in [1.807, 2.05) is 6.92 Å². The maximum Gasteiger partial charge on any atom is 0.306 e. The molecule has 9 atom stereocenters. The van der Waals surface area contributed by atoms with Gasteiger partial charge < -0.3 is 14.9 Å². The number of aliphatic hydroxyl groups is 2. The highest BCUT2D eigenvalue weighted by atomic mass is 19.2. The van der Waals surface area contributed by atoms with E-state index in [0.29, 0.717) is 6.42 Å². The highest BCUT2D eigenvalue weighted by Gasteiger charge is 2.78. The lowest BCUT2D eigenvalue weighted by molar-refractivity contribution is -0.232. The number of rotatable bonds is 7. The summed E-state index contributed by atoms with van der Waals surface area (Å²) in [7, 11) is 0. The van der Waals surface area contributed by atoms with Gasteiger partial charge in [-0.1, -0.05) is 39.7 Å². The van der Waals surface area contributed by atoms with Gasteiger partial charge in [-0.15, -0.1) is 0 Å². The third kappa shape index (κ3) is 3.55. The molecule has 0 radical (unpaired) electrons. The second-order valence-electron chi connectivity index (χ2n) is 11.8. The summed E-state index contributed by atoms with van der Waals surface area (Å²) in [4.78, 5) is 38.2. The number of Topliss-reactive ketones (excluding diaryl/α,β-unsaturated/α-hetero) is 1.